The first-order chi connectivity index (χ1) is 11.9. The first-order valence-corrected chi connectivity index (χ1v) is 9.10. The molecule has 0 aromatic heterocycles. The Balaban J connectivity index is 2.29. The van der Waals surface area contributed by atoms with Gasteiger partial charge < -0.3 is 25.2 Å². The lowest BCUT2D eigenvalue weighted by Crippen LogP contribution is -2.55. The van der Waals surface area contributed by atoms with Crippen molar-refractivity contribution in [1.29, 1.82) is 0 Å². The van der Waals surface area contributed by atoms with Gasteiger partial charge in [0.2, 0.25) is 5.78 Å². The first kappa shape index (κ1) is 21.1. The minimum atomic E-state index is -1.96. The number of aliphatic hydroxyl groups is 4. The summed E-state index contributed by atoms with van der Waals surface area (Å²) in [6.07, 6.45) is 2.88. The van der Waals surface area contributed by atoms with Gasteiger partial charge in [-0.25, -0.2) is 0 Å². The molecule has 0 saturated carbocycles. The van der Waals surface area contributed by atoms with Gasteiger partial charge in [-0.05, 0) is 43.6 Å². The SMILES string of the molecule is CC[C@H](C)[C@H](O)[C@](C)(O)/C=C/C1=CC2=C(Cl)C(=O)[C@](C)(O)[C@H](O)[C@@H]2CO1. The lowest BCUT2D eigenvalue weighted by atomic mass is 9.75. The average Bonchev–Trinajstić information content (AvgIpc) is 2.61. The highest BCUT2D eigenvalue weighted by Crippen LogP contribution is 2.40. The third-order valence-electron chi connectivity index (χ3n) is 5.36. The molecule has 26 heavy (non-hydrogen) atoms. The lowest BCUT2D eigenvalue weighted by molar-refractivity contribution is -0.150. The van der Waals surface area contributed by atoms with E-state index in [2.05, 4.69) is 0 Å². The number of ketones is 1. The third-order valence-corrected chi connectivity index (χ3v) is 5.75. The second-order valence-corrected chi connectivity index (χ2v) is 7.92. The van der Waals surface area contributed by atoms with Crippen LogP contribution in [0.5, 0.6) is 0 Å². The molecule has 0 bridgehead atoms. The van der Waals surface area contributed by atoms with Gasteiger partial charge in [0.15, 0.2) is 5.60 Å². The van der Waals surface area contributed by atoms with Crippen molar-refractivity contribution in [3.05, 3.63) is 34.6 Å². The average molecular weight is 387 g/mol. The fourth-order valence-electron chi connectivity index (χ4n) is 3.19. The van der Waals surface area contributed by atoms with Crippen molar-refractivity contribution < 1.29 is 30.0 Å². The molecule has 4 N–H and O–H groups in total. The van der Waals surface area contributed by atoms with Crippen molar-refractivity contribution >= 4 is 17.4 Å². The molecule has 1 aliphatic heterocycles. The van der Waals surface area contributed by atoms with E-state index >= 15 is 0 Å². The number of hydrogen-bond acceptors (Lipinski definition) is 6. The van der Waals surface area contributed by atoms with Crippen LogP contribution in [0, 0.1) is 11.8 Å². The smallest absolute Gasteiger partial charge is 0.208 e. The maximum atomic E-state index is 12.2. The van der Waals surface area contributed by atoms with E-state index in [0.717, 1.165) is 0 Å². The zero-order valence-electron chi connectivity index (χ0n) is 15.4. The summed E-state index contributed by atoms with van der Waals surface area (Å²) in [6.45, 7) is 6.53. The van der Waals surface area contributed by atoms with E-state index in [4.69, 9.17) is 16.3 Å². The zero-order chi connectivity index (χ0) is 19.9. The van der Waals surface area contributed by atoms with E-state index in [1.54, 1.807) is 0 Å². The highest BCUT2D eigenvalue weighted by Gasteiger charge is 2.50. The Bertz CT molecular complexity index is 661. The summed E-state index contributed by atoms with van der Waals surface area (Å²) in [5, 5.41) is 41.0. The number of ether oxygens (including phenoxy) is 1. The molecule has 0 fully saturated rings. The number of Topliss-reactive ketones (excluding diaryl/α,β-unsaturated/α-hetero) is 1. The zero-order valence-corrected chi connectivity index (χ0v) is 16.2. The van der Waals surface area contributed by atoms with Gasteiger partial charge in [-0.3, -0.25) is 4.79 Å². The molecule has 2 aliphatic rings. The fourth-order valence-corrected chi connectivity index (χ4v) is 3.58. The molecule has 0 aromatic carbocycles. The van der Waals surface area contributed by atoms with Crippen molar-refractivity contribution in [3.63, 3.8) is 0 Å². The van der Waals surface area contributed by atoms with Crippen LogP contribution in [-0.4, -0.2) is 56.2 Å². The summed E-state index contributed by atoms with van der Waals surface area (Å²) >= 11 is 6.10. The van der Waals surface area contributed by atoms with Crippen molar-refractivity contribution in [2.75, 3.05) is 6.61 Å². The largest absolute Gasteiger partial charge is 0.493 e. The Morgan fingerprint density at radius 1 is 1.54 bits per heavy atom. The number of aliphatic hydroxyl groups excluding tert-OH is 2. The summed E-state index contributed by atoms with van der Waals surface area (Å²) in [7, 11) is 0. The van der Waals surface area contributed by atoms with E-state index in [1.165, 1.54) is 32.1 Å². The molecule has 1 aliphatic carbocycles. The number of fused-ring (bicyclic) bond motifs is 1. The molecular formula is C19H27ClO6. The monoisotopic (exact) mass is 386 g/mol. The Morgan fingerprint density at radius 2 is 2.15 bits per heavy atom. The third kappa shape index (κ3) is 3.75. The van der Waals surface area contributed by atoms with E-state index in [0.29, 0.717) is 17.8 Å². The van der Waals surface area contributed by atoms with Crippen LogP contribution < -0.4 is 0 Å². The molecule has 0 unspecified atom stereocenters. The molecule has 7 heteroatoms. The number of allylic oxidation sites excluding steroid dienone is 2. The van der Waals surface area contributed by atoms with Gasteiger partial charge in [0.25, 0.3) is 0 Å². The van der Waals surface area contributed by atoms with Crippen LogP contribution in [0.4, 0.5) is 0 Å². The normalized spacial score (nSPS) is 34.0. The van der Waals surface area contributed by atoms with Crippen LogP contribution in [-0.2, 0) is 9.53 Å². The topological polar surface area (TPSA) is 107 Å². The lowest BCUT2D eigenvalue weighted by Gasteiger charge is -2.40. The molecule has 0 spiro atoms. The van der Waals surface area contributed by atoms with Crippen LogP contribution in [0.25, 0.3) is 0 Å². The maximum absolute atomic E-state index is 12.2. The van der Waals surface area contributed by atoms with Gasteiger partial charge in [0.05, 0.1) is 17.7 Å². The Kier molecular flexibility index (Phi) is 6.05. The van der Waals surface area contributed by atoms with Crippen molar-refractivity contribution in [3.8, 4) is 0 Å². The Labute approximate surface area is 158 Å². The second kappa shape index (κ2) is 7.44. The van der Waals surface area contributed by atoms with Gasteiger partial charge in [-0.2, -0.15) is 0 Å². The Morgan fingerprint density at radius 3 is 2.73 bits per heavy atom. The van der Waals surface area contributed by atoms with Crippen molar-refractivity contribution in [2.45, 2.75) is 57.5 Å². The van der Waals surface area contributed by atoms with Gasteiger partial charge >= 0.3 is 0 Å². The van der Waals surface area contributed by atoms with Crippen molar-refractivity contribution in [1.82, 2.24) is 0 Å². The molecule has 6 nitrogen and oxygen atoms in total. The molecule has 0 aromatic rings. The molecule has 0 amide bonds. The Hall–Kier alpha value is -1.18. The molecule has 146 valence electrons. The van der Waals surface area contributed by atoms with E-state index in [9.17, 15) is 25.2 Å². The minimum Gasteiger partial charge on any atom is -0.493 e. The van der Waals surface area contributed by atoms with Crippen LogP contribution in [0.1, 0.15) is 34.1 Å². The standard InChI is InChI=1S/C19H27ClO6/c1-5-10(2)15(21)18(3,24)7-6-11-8-12-13(9-26-11)16(22)19(4,25)17(23)14(12)20/h6-8,10,13,15-16,21-22,24-25H,5,9H2,1-4H3/b7-6+/t10-,13+,15-,16+,18+,19+/m0/s1. The summed E-state index contributed by atoms with van der Waals surface area (Å²) in [6, 6.07) is 0. The molecule has 1 heterocycles. The summed E-state index contributed by atoms with van der Waals surface area (Å²) in [5.74, 6) is -1.12. The maximum Gasteiger partial charge on any atom is 0.208 e. The number of carbonyl (C=O) groups excluding carboxylic acids is 1. The predicted octanol–water partition coefficient (Wildman–Crippen LogP) is 1.42. The molecule has 0 radical (unpaired) electrons. The van der Waals surface area contributed by atoms with E-state index < -0.39 is 35.1 Å². The highest BCUT2D eigenvalue weighted by atomic mass is 35.5. The van der Waals surface area contributed by atoms with Gasteiger partial charge in [-0.1, -0.05) is 31.9 Å². The first-order valence-electron chi connectivity index (χ1n) is 8.72. The number of halogens is 1. The number of hydrogen-bond donors (Lipinski definition) is 4. The highest BCUT2D eigenvalue weighted by molar-refractivity contribution is 6.44. The molecular weight excluding hydrogens is 360 g/mol. The molecule has 6 atom stereocenters. The van der Waals surface area contributed by atoms with Crippen LogP contribution >= 0.6 is 11.6 Å². The van der Waals surface area contributed by atoms with Gasteiger partial charge in [0.1, 0.15) is 17.5 Å². The number of carbonyl (C=O) groups is 1. The minimum absolute atomic E-state index is 0.0301. The quantitative estimate of drug-likeness (QED) is 0.569. The fraction of sp³-hybridized carbons (Fsp3) is 0.632. The van der Waals surface area contributed by atoms with E-state index in [1.807, 2.05) is 13.8 Å². The summed E-state index contributed by atoms with van der Waals surface area (Å²) in [5.41, 5.74) is -3.02. The van der Waals surface area contributed by atoms with Crippen LogP contribution in [0.15, 0.2) is 34.6 Å². The molecule has 2 rings (SSSR count). The van der Waals surface area contributed by atoms with Crippen LogP contribution in [0.2, 0.25) is 0 Å². The van der Waals surface area contributed by atoms with Crippen molar-refractivity contribution in [2.24, 2.45) is 11.8 Å². The van der Waals surface area contributed by atoms with Crippen LogP contribution in [0.3, 0.4) is 0 Å². The van der Waals surface area contributed by atoms with Gasteiger partial charge in [0, 0.05) is 5.92 Å². The summed E-state index contributed by atoms with van der Waals surface area (Å²) < 4.78 is 5.56. The van der Waals surface area contributed by atoms with E-state index in [-0.39, 0.29) is 17.6 Å². The second-order valence-electron chi connectivity index (χ2n) is 7.54. The van der Waals surface area contributed by atoms with Gasteiger partial charge in [-0.15, -0.1) is 0 Å². The molecule has 0 saturated heterocycles. The number of rotatable bonds is 5. The predicted molar refractivity (Wildman–Crippen MR) is 97.3 cm³/mol. The summed E-state index contributed by atoms with van der Waals surface area (Å²) in [4.78, 5) is 12.2.